The predicted octanol–water partition coefficient (Wildman–Crippen LogP) is 4.80. The number of hydrogen-bond donors (Lipinski definition) is 1. The van der Waals surface area contributed by atoms with Crippen molar-refractivity contribution < 1.29 is 13.9 Å². The second-order valence-electron chi connectivity index (χ2n) is 7.62. The Morgan fingerprint density at radius 3 is 2.46 bits per heavy atom. The highest BCUT2D eigenvalue weighted by Gasteiger charge is 2.22. The van der Waals surface area contributed by atoms with Crippen LogP contribution in [0.1, 0.15) is 27.7 Å². The SMILES string of the molecule is CC(Oc1cc2oc(=O)cc(-c3ccccc3)c2cc1Cl)C(=O)NC(C)(C)C. The number of nitrogens with one attached hydrogen (secondary N) is 1. The smallest absolute Gasteiger partial charge is 0.336 e. The van der Waals surface area contributed by atoms with Gasteiger partial charge in [0.05, 0.1) is 5.02 Å². The van der Waals surface area contributed by atoms with Gasteiger partial charge >= 0.3 is 5.63 Å². The highest BCUT2D eigenvalue weighted by molar-refractivity contribution is 6.33. The van der Waals surface area contributed by atoms with E-state index in [1.54, 1.807) is 19.1 Å². The molecule has 3 aromatic rings. The van der Waals surface area contributed by atoms with Gasteiger partial charge in [-0.15, -0.1) is 0 Å². The van der Waals surface area contributed by atoms with Gasteiger partial charge in [-0.3, -0.25) is 4.79 Å². The Labute approximate surface area is 168 Å². The van der Waals surface area contributed by atoms with Crippen LogP contribution in [0.15, 0.2) is 57.7 Å². The van der Waals surface area contributed by atoms with Crippen molar-refractivity contribution in [1.82, 2.24) is 5.32 Å². The average molecular weight is 400 g/mol. The number of halogens is 1. The summed E-state index contributed by atoms with van der Waals surface area (Å²) in [7, 11) is 0. The number of hydrogen-bond acceptors (Lipinski definition) is 4. The number of ether oxygens (including phenoxy) is 1. The Kier molecular flexibility index (Phi) is 5.47. The minimum atomic E-state index is -0.766. The second kappa shape index (κ2) is 7.68. The van der Waals surface area contributed by atoms with Crippen LogP contribution >= 0.6 is 11.6 Å². The van der Waals surface area contributed by atoms with Gasteiger partial charge in [0.1, 0.15) is 11.3 Å². The van der Waals surface area contributed by atoms with Crippen molar-refractivity contribution in [2.24, 2.45) is 0 Å². The standard InChI is InChI=1S/C22H22ClNO4/c1-13(21(26)24-22(2,3)4)27-19-12-18-16(10-17(19)23)15(11-20(25)28-18)14-8-6-5-7-9-14/h5-13H,1-4H3,(H,24,26). The van der Waals surface area contributed by atoms with Crippen LogP contribution in [-0.4, -0.2) is 17.6 Å². The number of benzene rings is 2. The number of carbonyl (C=O) groups excluding carboxylic acids is 1. The van der Waals surface area contributed by atoms with Crippen LogP contribution < -0.4 is 15.7 Å². The molecule has 1 atom stereocenters. The fourth-order valence-corrected chi connectivity index (χ4v) is 3.03. The lowest BCUT2D eigenvalue weighted by molar-refractivity contribution is -0.128. The molecule has 6 heteroatoms. The van der Waals surface area contributed by atoms with Crippen LogP contribution in [0.5, 0.6) is 5.75 Å². The van der Waals surface area contributed by atoms with E-state index in [0.29, 0.717) is 16.0 Å². The van der Waals surface area contributed by atoms with Crippen molar-refractivity contribution in [3.8, 4) is 16.9 Å². The van der Waals surface area contributed by atoms with Crippen LogP contribution in [0.4, 0.5) is 0 Å². The van der Waals surface area contributed by atoms with Crippen molar-refractivity contribution >= 4 is 28.5 Å². The van der Waals surface area contributed by atoms with Crippen LogP contribution in [0.2, 0.25) is 5.02 Å². The molecule has 0 radical (unpaired) electrons. The lowest BCUT2D eigenvalue weighted by atomic mass is 10.0. The molecule has 0 saturated heterocycles. The fraction of sp³-hybridized carbons (Fsp3) is 0.273. The van der Waals surface area contributed by atoms with Crippen LogP contribution in [0.25, 0.3) is 22.1 Å². The summed E-state index contributed by atoms with van der Waals surface area (Å²) in [6, 6.07) is 14.2. The number of rotatable bonds is 4. The molecule has 0 bridgehead atoms. The Morgan fingerprint density at radius 1 is 1.14 bits per heavy atom. The van der Waals surface area contributed by atoms with Gasteiger partial charge < -0.3 is 14.5 Å². The van der Waals surface area contributed by atoms with E-state index in [9.17, 15) is 9.59 Å². The summed E-state index contributed by atoms with van der Waals surface area (Å²) >= 11 is 6.41. The first-order valence-electron chi connectivity index (χ1n) is 8.95. The van der Waals surface area contributed by atoms with Crippen molar-refractivity contribution in [3.05, 3.63) is 64.0 Å². The van der Waals surface area contributed by atoms with Crippen LogP contribution in [0.3, 0.4) is 0 Å². The Balaban J connectivity index is 2.00. The molecule has 3 rings (SSSR count). The monoisotopic (exact) mass is 399 g/mol. The molecule has 146 valence electrons. The van der Waals surface area contributed by atoms with Gasteiger partial charge in [0.2, 0.25) is 0 Å². The summed E-state index contributed by atoms with van der Waals surface area (Å²) in [6.07, 6.45) is -0.766. The molecular formula is C22H22ClNO4. The van der Waals surface area contributed by atoms with E-state index in [-0.39, 0.29) is 17.2 Å². The Bertz CT molecular complexity index is 1070. The molecule has 1 amide bonds. The molecule has 5 nitrogen and oxygen atoms in total. The molecular weight excluding hydrogens is 378 g/mol. The van der Waals surface area contributed by atoms with Gasteiger partial charge in [-0.25, -0.2) is 4.79 Å². The van der Waals surface area contributed by atoms with Crippen molar-refractivity contribution in [2.45, 2.75) is 39.3 Å². The minimum absolute atomic E-state index is 0.261. The van der Waals surface area contributed by atoms with E-state index in [4.69, 9.17) is 20.8 Å². The number of fused-ring (bicyclic) bond motifs is 1. The lowest BCUT2D eigenvalue weighted by Crippen LogP contribution is -2.46. The van der Waals surface area contributed by atoms with Gasteiger partial charge in [0, 0.05) is 23.1 Å². The van der Waals surface area contributed by atoms with Gasteiger partial charge in [0.25, 0.3) is 5.91 Å². The van der Waals surface area contributed by atoms with Gasteiger partial charge in [-0.05, 0) is 44.9 Å². The van der Waals surface area contributed by atoms with Crippen LogP contribution in [-0.2, 0) is 4.79 Å². The van der Waals surface area contributed by atoms with Gasteiger partial charge in [-0.2, -0.15) is 0 Å². The minimum Gasteiger partial charge on any atom is -0.479 e. The quantitative estimate of drug-likeness (QED) is 0.640. The summed E-state index contributed by atoms with van der Waals surface area (Å²) in [5, 5.41) is 3.87. The zero-order valence-corrected chi connectivity index (χ0v) is 17.0. The third-order valence-corrected chi connectivity index (χ3v) is 4.35. The highest BCUT2D eigenvalue weighted by atomic mass is 35.5. The fourth-order valence-electron chi connectivity index (χ4n) is 2.83. The molecule has 1 heterocycles. The number of amides is 1. The molecule has 0 spiro atoms. The normalized spacial score (nSPS) is 12.6. The molecule has 1 aromatic heterocycles. The van der Waals surface area contributed by atoms with E-state index in [2.05, 4.69) is 5.32 Å². The molecule has 0 fully saturated rings. The molecule has 0 saturated carbocycles. The third-order valence-electron chi connectivity index (χ3n) is 4.05. The van der Waals surface area contributed by atoms with Gasteiger partial charge in [0.15, 0.2) is 6.10 Å². The van der Waals surface area contributed by atoms with Crippen molar-refractivity contribution in [2.75, 3.05) is 0 Å². The molecule has 1 unspecified atom stereocenters. The lowest BCUT2D eigenvalue weighted by Gasteiger charge is -2.24. The summed E-state index contributed by atoms with van der Waals surface area (Å²) in [5.41, 5.74) is 1.09. The Hall–Kier alpha value is -2.79. The summed E-state index contributed by atoms with van der Waals surface area (Å²) < 4.78 is 11.1. The zero-order chi connectivity index (χ0) is 20.5. The molecule has 28 heavy (non-hydrogen) atoms. The summed E-state index contributed by atoms with van der Waals surface area (Å²) in [6.45, 7) is 7.30. The first-order chi connectivity index (χ1) is 13.1. The van der Waals surface area contributed by atoms with E-state index in [1.165, 1.54) is 6.07 Å². The summed E-state index contributed by atoms with van der Waals surface area (Å²) in [5.74, 6) is 0.0160. The summed E-state index contributed by atoms with van der Waals surface area (Å²) in [4.78, 5) is 24.3. The first kappa shape index (κ1) is 20.0. The van der Waals surface area contributed by atoms with Crippen LogP contribution in [0, 0.1) is 0 Å². The van der Waals surface area contributed by atoms with Crippen molar-refractivity contribution in [1.29, 1.82) is 0 Å². The third kappa shape index (κ3) is 4.54. The maximum atomic E-state index is 12.3. The average Bonchev–Trinajstić information content (AvgIpc) is 2.61. The molecule has 2 aromatic carbocycles. The predicted molar refractivity (Wildman–Crippen MR) is 111 cm³/mol. The number of carbonyl (C=O) groups is 1. The highest BCUT2D eigenvalue weighted by Crippen LogP contribution is 2.35. The van der Waals surface area contributed by atoms with Gasteiger partial charge in [-0.1, -0.05) is 41.9 Å². The van der Waals surface area contributed by atoms with E-state index >= 15 is 0 Å². The topological polar surface area (TPSA) is 68.5 Å². The molecule has 0 aliphatic carbocycles. The molecule has 0 aliphatic rings. The van der Waals surface area contributed by atoms with Crippen molar-refractivity contribution in [3.63, 3.8) is 0 Å². The first-order valence-corrected chi connectivity index (χ1v) is 9.33. The molecule has 0 aliphatic heterocycles. The zero-order valence-electron chi connectivity index (χ0n) is 16.2. The molecule has 1 N–H and O–H groups in total. The van der Waals surface area contributed by atoms with E-state index in [1.807, 2.05) is 51.1 Å². The van der Waals surface area contributed by atoms with E-state index in [0.717, 1.165) is 11.1 Å². The maximum Gasteiger partial charge on any atom is 0.336 e. The second-order valence-corrected chi connectivity index (χ2v) is 8.03. The Morgan fingerprint density at radius 2 is 1.82 bits per heavy atom. The maximum absolute atomic E-state index is 12.3. The van der Waals surface area contributed by atoms with E-state index < -0.39 is 11.7 Å². The largest absolute Gasteiger partial charge is 0.479 e.